The summed E-state index contributed by atoms with van der Waals surface area (Å²) in [5.41, 5.74) is 12.2. The second-order valence-corrected chi connectivity index (χ2v) is 10.5. The van der Waals surface area contributed by atoms with Gasteiger partial charge in [-0.1, -0.05) is 80.6 Å². The summed E-state index contributed by atoms with van der Waals surface area (Å²) in [4.78, 5) is 4.81. The Hall–Kier alpha value is -4.63. The van der Waals surface area contributed by atoms with E-state index in [2.05, 4.69) is 114 Å². The topological polar surface area (TPSA) is 22.2 Å². The lowest BCUT2D eigenvalue weighted by Gasteiger charge is -2.21. The van der Waals surface area contributed by atoms with Crippen molar-refractivity contribution in [3.8, 4) is 28.1 Å². The molecule has 3 heteroatoms. The van der Waals surface area contributed by atoms with Crippen LogP contribution in [0.5, 0.6) is 0 Å². The lowest BCUT2D eigenvalue weighted by atomic mass is 9.82. The van der Waals surface area contributed by atoms with Gasteiger partial charge >= 0.3 is 0 Å². The molecule has 1 aliphatic carbocycles. The second-order valence-electron chi connectivity index (χ2n) is 10.5. The number of aromatic nitrogens is 3. The zero-order valence-electron chi connectivity index (χ0n) is 20.8. The molecule has 0 saturated carbocycles. The van der Waals surface area contributed by atoms with Gasteiger partial charge in [0.15, 0.2) is 0 Å². The van der Waals surface area contributed by atoms with Crippen molar-refractivity contribution in [3.05, 3.63) is 127 Å². The molecule has 0 fully saturated rings. The number of hydrogen-bond acceptors (Lipinski definition) is 1. The van der Waals surface area contributed by atoms with Crippen LogP contribution in [-0.4, -0.2) is 14.0 Å². The van der Waals surface area contributed by atoms with E-state index in [1.807, 2.05) is 24.4 Å². The average molecular weight is 476 g/mol. The molecular formula is C34H25N3. The number of para-hydroxylation sites is 1. The van der Waals surface area contributed by atoms with Gasteiger partial charge in [0.1, 0.15) is 5.65 Å². The van der Waals surface area contributed by atoms with E-state index in [0.29, 0.717) is 0 Å². The molecule has 0 spiro atoms. The van der Waals surface area contributed by atoms with E-state index in [9.17, 15) is 0 Å². The predicted molar refractivity (Wildman–Crippen MR) is 153 cm³/mol. The minimum atomic E-state index is -0.0148. The molecule has 0 atom stereocenters. The largest absolute Gasteiger partial charge is 0.309 e. The molecule has 37 heavy (non-hydrogen) atoms. The Kier molecular flexibility index (Phi) is 4.00. The fourth-order valence-corrected chi connectivity index (χ4v) is 6.39. The summed E-state index contributed by atoms with van der Waals surface area (Å²) in [6, 6.07) is 37.3. The smallest absolute Gasteiger partial charge is 0.137 e. The van der Waals surface area contributed by atoms with Gasteiger partial charge in [0, 0.05) is 39.8 Å². The minimum absolute atomic E-state index is 0.0148. The first-order valence-electron chi connectivity index (χ1n) is 12.8. The Balaban J connectivity index is 1.37. The Morgan fingerprint density at radius 1 is 0.676 bits per heavy atom. The zero-order valence-corrected chi connectivity index (χ0v) is 20.8. The highest BCUT2D eigenvalue weighted by atomic mass is 15.0. The Labute approximate surface area is 215 Å². The van der Waals surface area contributed by atoms with Crippen molar-refractivity contribution in [2.45, 2.75) is 19.3 Å². The fourth-order valence-electron chi connectivity index (χ4n) is 6.39. The standard InChI is InChI=1S/C34H25N3/c1-34(2)26-11-5-3-9-24(26)32-27(34)18-19-30-33(32)25-10-4-6-12-29(25)37(30)23-16-14-22(15-17-23)28-21-36-20-8-7-13-31(36)35-28/h3-21H,1-2H3. The average Bonchev–Trinajstić information content (AvgIpc) is 3.58. The highest BCUT2D eigenvalue weighted by molar-refractivity contribution is 6.17. The van der Waals surface area contributed by atoms with E-state index in [-0.39, 0.29) is 5.41 Å². The highest BCUT2D eigenvalue weighted by Crippen LogP contribution is 2.53. The van der Waals surface area contributed by atoms with Crippen LogP contribution in [0.4, 0.5) is 0 Å². The highest BCUT2D eigenvalue weighted by Gasteiger charge is 2.37. The van der Waals surface area contributed by atoms with Gasteiger partial charge in [0.25, 0.3) is 0 Å². The van der Waals surface area contributed by atoms with E-state index in [0.717, 1.165) is 22.6 Å². The number of benzene rings is 4. The van der Waals surface area contributed by atoms with Crippen LogP contribution in [0, 0.1) is 0 Å². The zero-order chi connectivity index (χ0) is 24.7. The van der Waals surface area contributed by atoms with Crippen LogP contribution in [0.1, 0.15) is 25.0 Å². The molecule has 0 radical (unpaired) electrons. The Bertz CT molecular complexity index is 1970. The monoisotopic (exact) mass is 475 g/mol. The maximum atomic E-state index is 4.81. The van der Waals surface area contributed by atoms with Gasteiger partial charge in [0.2, 0.25) is 0 Å². The summed E-state index contributed by atoms with van der Waals surface area (Å²) in [5, 5.41) is 2.64. The molecule has 7 aromatic rings. The van der Waals surface area contributed by atoms with E-state index in [1.165, 1.54) is 44.1 Å². The molecule has 3 heterocycles. The van der Waals surface area contributed by atoms with Crippen LogP contribution < -0.4 is 0 Å². The van der Waals surface area contributed by atoms with Crippen molar-refractivity contribution in [3.63, 3.8) is 0 Å². The number of pyridine rings is 1. The Morgan fingerprint density at radius 2 is 1.46 bits per heavy atom. The summed E-state index contributed by atoms with van der Waals surface area (Å²) in [5.74, 6) is 0. The van der Waals surface area contributed by atoms with Crippen LogP contribution in [0.3, 0.4) is 0 Å². The Morgan fingerprint density at radius 3 is 2.32 bits per heavy atom. The van der Waals surface area contributed by atoms with Crippen LogP contribution in [-0.2, 0) is 5.41 Å². The van der Waals surface area contributed by atoms with Gasteiger partial charge in [-0.3, -0.25) is 0 Å². The van der Waals surface area contributed by atoms with Crippen LogP contribution in [0.2, 0.25) is 0 Å². The van der Waals surface area contributed by atoms with Gasteiger partial charge in [-0.25, -0.2) is 4.98 Å². The molecular weight excluding hydrogens is 450 g/mol. The first-order valence-corrected chi connectivity index (χ1v) is 12.8. The molecule has 0 aliphatic heterocycles. The van der Waals surface area contributed by atoms with Gasteiger partial charge in [-0.2, -0.15) is 0 Å². The quantitative estimate of drug-likeness (QED) is 0.246. The normalized spacial score (nSPS) is 13.9. The van der Waals surface area contributed by atoms with Crippen molar-refractivity contribution < 1.29 is 0 Å². The van der Waals surface area contributed by atoms with Gasteiger partial charge in [0.05, 0.1) is 16.7 Å². The molecule has 8 rings (SSSR count). The molecule has 176 valence electrons. The number of hydrogen-bond donors (Lipinski definition) is 0. The lowest BCUT2D eigenvalue weighted by Crippen LogP contribution is -2.14. The summed E-state index contributed by atoms with van der Waals surface area (Å²) < 4.78 is 4.47. The van der Waals surface area contributed by atoms with Crippen molar-refractivity contribution in [1.82, 2.24) is 14.0 Å². The molecule has 0 amide bonds. The van der Waals surface area contributed by atoms with Gasteiger partial charge < -0.3 is 8.97 Å². The summed E-state index contributed by atoms with van der Waals surface area (Å²) in [6.07, 6.45) is 4.13. The third-order valence-corrected chi connectivity index (χ3v) is 8.17. The first-order chi connectivity index (χ1) is 18.1. The van der Waals surface area contributed by atoms with Gasteiger partial charge in [-0.15, -0.1) is 0 Å². The molecule has 0 unspecified atom stereocenters. The van der Waals surface area contributed by atoms with E-state index >= 15 is 0 Å². The van der Waals surface area contributed by atoms with Crippen molar-refractivity contribution in [1.29, 1.82) is 0 Å². The maximum absolute atomic E-state index is 4.81. The third kappa shape index (κ3) is 2.74. The fraction of sp³-hybridized carbons (Fsp3) is 0.0882. The number of nitrogens with zero attached hydrogens (tertiary/aromatic N) is 3. The molecule has 3 aromatic heterocycles. The van der Waals surface area contributed by atoms with Crippen molar-refractivity contribution >= 4 is 27.5 Å². The second kappa shape index (κ2) is 7.21. The summed E-state index contributed by atoms with van der Waals surface area (Å²) in [7, 11) is 0. The molecule has 0 N–H and O–H groups in total. The summed E-state index contributed by atoms with van der Waals surface area (Å²) in [6.45, 7) is 4.70. The SMILES string of the molecule is CC1(C)c2ccccc2-c2c1ccc1c2c2ccccc2n1-c1ccc(-c2cn3ccccc3n2)cc1. The number of imidazole rings is 1. The molecule has 1 aliphatic rings. The minimum Gasteiger partial charge on any atom is -0.309 e. The predicted octanol–water partition coefficient (Wildman–Crippen LogP) is 8.40. The number of rotatable bonds is 2. The lowest BCUT2D eigenvalue weighted by molar-refractivity contribution is 0.661. The maximum Gasteiger partial charge on any atom is 0.137 e. The summed E-state index contributed by atoms with van der Waals surface area (Å²) >= 11 is 0. The molecule has 4 aromatic carbocycles. The van der Waals surface area contributed by atoms with Crippen molar-refractivity contribution in [2.75, 3.05) is 0 Å². The van der Waals surface area contributed by atoms with Gasteiger partial charge in [-0.05, 0) is 58.7 Å². The first kappa shape index (κ1) is 20.6. The molecule has 0 bridgehead atoms. The van der Waals surface area contributed by atoms with E-state index in [4.69, 9.17) is 4.98 Å². The third-order valence-electron chi connectivity index (χ3n) is 8.17. The van der Waals surface area contributed by atoms with Crippen LogP contribution in [0.25, 0.3) is 55.5 Å². The van der Waals surface area contributed by atoms with E-state index < -0.39 is 0 Å². The molecule has 3 nitrogen and oxygen atoms in total. The van der Waals surface area contributed by atoms with Crippen LogP contribution in [0.15, 0.2) is 116 Å². The van der Waals surface area contributed by atoms with Crippen molar-refractivity contribution in [2.24, 2.45) is 0 Å². The number of fused-ring (bicyclic) bond motifs is 8. The van der Waals surface area contributed by atoms with E-state index in [1.54, 1.807) is 0 Å². The molecule has 0 saturated heterocycles. The van der Waals surface area contributed by atoms with Crippen LogP contribution >= 0.6 is 0 Å².